The van der Waals surface area contributed by atoms with E-state index in [4.69, 9.17) is 21.3 Å². The number of amides is 2. The van der Waals surface area contributed by atoms with Crippen molar-refractivity contribution >= 4 is 30.3 Å². The van der Waals surface area contributed by atoms with Crippen LogP contribution in [0.15, 0.2) is 0 Å². The summed E-state index contributed by atoms with van der Waals surface area (Å²) in [5.41, 5.74) is 9.61. The van der Waals surface area contributed by atoms with Gasteiger partial charge in [0.25, 0.3) is 6.64 Å². The third-order valence-electron chi connectivity index (χ3n) is 1.07. The molecule has 7 N–H and O–H groups in total. The Morgan fingerprint density at radius 2 is 1.92 bits per heavy atom. The average molecular weight is 227 g/mol. The zero-order chi connectivity index (χ0) is 10.6. The van der Waals surface area contributed by atoms with E-state index in [-0.39, 0.29) is 0 Å². The molecular weight excluding hydrogens is 217 g/mol. The predicted octanol–water partition coefficient (Wildman–Crippen LogP) is -2.49. The van der Waals surface area contributed by atoms with Crippen LogP contribution >= 0.6 is 6.64 Å². The molecule has 0 bridgehead atoms. The van der Waals surface area contributed by atoms with Crippen LogP contribution in [-0.2, 0) is 21.4 Å². The van der Waals surface area contributed by atoms with E-state index in [9.17, 15) is 9.59 Å². The van der Waals surface area contributed by atoms with Gasteiger partial charge in [0.1, 0.15) is 6.04 Å². The molecule has 0 aromatic carbocycles. The number of hydrogen-bond acceptors (Lipinski definition) is 3. The first-order valence-corrected chi connectivity index (χ1v) is 5.84. The molecule has 1 unspecified atom stereocenters. The number of nitrogens with two attached hydrogens (primary N) is 2. The van der Waals surface area contributed by atoms with Gasteiger partial charge in [0.15, 0.2) is 0 Å². The highest BCUT2D eigenvalue weighted by Crippen LogP contribution is 2.29. The molecule has 0 aliphatic carbocycles. The lowest BCUT2D eigenvalue weighted by Gasteiger charge is -2.16. The van der Waals surface area contributed by atoms with Crippen LogP contribution in [-0.4, -0.2) is 27.6 Å². The van der Waals surface area contributed by atoms with Gasteiger partial charge in [-0.25, -0.2) is 5.09 Å². The largest absolute Gasteiger partial charge is 0.370 e. The van der Waals surface area contributed by atoms with Gasteiger partial charge < -0.3 is 21.3 Å². The summed E-state index contributed by atoms with van der Waals surface area (Å²) in [6.07, 6.45) is -0.422. The number of carbonyl (C=O) groups excluding carboxylic acids is 2. The van der Waals surface area contributed by atoms with E-state index < -0.39 is 30.9 Å². The van der Waals surface area contributed by atoms with E-state index in [1.807, 2.05) is 5.09 Å². The van der Waals surface area contributed by atoms with Crippen LogP contribution in [0.25, 0.3) is 0 Å². The number of rotatable bonds is 5. The Balaban J connectivity index is 4.36. The summed E-state index contributed by atoms with van der Waals surface area (Å²) >= 11 is 4.18. The van der Waals surface area contributed by atoms with Crippen LogP contribution in [0, 0.1) is 0 Å². The molecular formula is C4H10N3O4PS. The van der Waals surface area contributed by atoms with E-state index in [1.165, 1.54) is 0 Å². The molecule has 0 aromatic rings. The van der Waals surface area contributed by atoms with Gasteiger partial charge in [0.2, 0.25) is 11.8 Å². The minimum atomic E-state index is -3.76. The van der Waals surface area contributed by atoms with Crippen LogP contribution in [0.1, 0.15) is 6.42 Å². The van der Waals surface area contributed by atoms with Crippen molar-refractivity contribution in [1.29, 1.82) is 0 Å². The Hall–Kier alpha value is -0.530. The van der Waals surface area contributed by atoms with Crippen LogP contribution in [0.4, 0.5) is 0 Å². The second-order valence-electron chi connectivity index (χ2n) is 2.30. The van der Waals surface area contributed by atoms with Crippen molar-refractivity contribution in [3.63, 3.8) is 0 Å². The lowest BCUT2D eigenvalue weighted by molar-refractivity contribution is -0.124. The highest BCUT2D eigenvalue weighted by atomic mass is 32.5. The molecule has 0 aliphatic rings. The van der Waals surface area contributed by atoms with E-state index in [0.29, 0.717) is 0 Å². The lowest BCUT2D eigenvalue weighted by atomic mass is 10.2. The van der Waals surface area contributed by atoms with Crippen molar-refractivity contribution in [1.82, 2.24) is 5.09 Å². The monoisotopic (exact) mass is 227 g/mol. The second kappa shape index (κ2) is 4.64. The molecule has 13 heavy (non-hydrogen) atoms. The third-order valence-corrected chi connectivity index (χ3v) is 2.04. The molecule has 0 saturated heterocycles. The maximum absolute atomic E-state index is 10.6. The summed E-state index contributed by atoms with van der Waals surface area (Å²) < 4.78 is 0. The molecule has 0 heterocycles. The molecule has 0 spiro atoms. The highest BCUT2D eigenvalue weighted by molar-refractivity contribution is 8.08. The Morgan fingerprint density at radius 3 is 2.15 bits per heavy atom. The van der Waals surface area contributed by atoms with Crippen LogP contribution in [0.2, 0.25) is 0 Å². The van der Waals surface area contributed by atoms with Crippen molar-refractivity contribution in [3.05, 3.63) is 0 Å². The maximum atomic E-state index is 10.6. The van der Waals surface area contributed by atoms with Gasteiger partial charge >= 0.3 is 0 Å². The normalized spacial score (nSPS) is 13.7. The molecule has 0 aromatic heterocycles. The predicted molar refractivity (Wildman–Crippen MR) is 48.7 cm³/mol. The van der Waals surface area contributed by atoms with E-state index in [1.54, 1.807) is 0 Å². The van der Waals surface area contributed by atoms with Gasteiger partial charge in [0, 0.05) is 0 Å². The molecule has 1 atom stereocenters. The summed E-state index contributed by atoms with van der Waals surface area (Å²) in [4.78, 5) is 38.5. The fourth-order valence-corrected chi connectivity index (χ4v) is 1.62. The molecule has 76 valence electrons. The smallest absolute Gasteiger partial charge is 0.256 e. The van der Waals surface area contributed by atoms with Crippen molar-refractivity contribution < 1.29 is 19.4 Å². The molecule has 0 fully saturated rings. The molecule has 2 amide bonds. The first-order chi connectivity index (χ1) is 5.72. The summed E-state index contributed by atoms with van der Waals surface area (Å²) in [5, 5.41) is 1.95. The Bertz CT molecular complexity index is 264. The topological polar surface area (TPSA) is 139 Å². The SMILES string of the molecule is NC(=O)CC(NP(O)(O)=S)C(N)=O. The number of nitrogens with one attached hydrogen (secondary N) is 1. The quantitative estimate of drug-likeness (QED) is 0.329. The molecule has 7 nitrogen and oxygen atoms in total. The first-order valence-electron chi connectivity index (χ1n) is 3.13. The molecule has 0 rings (SSSR count). The highest BCUT2D eigenvalue weighted by Gasteiger charge is 2.22. The van der Waals surface area contributed by atoms with Crippen LogP contribution in [0.3, 0.4) is 0 Å². The number of carbonyl (C=O) groups is 2. The number of primary amides is 2. The van der Waals surface area contributed by atoms with Crippen molar-refractivity contribution in [2.75, 3.05) is 0 Å². The zero-order valence-electron chi connectivity index (χ0n) is 6.51. The van der Waals surface area contributed by atoms with E-state index >= 15 is 0 Å². The maximum Gasteiger partial charge on any atom is 0.256 e. The van der Waals surface area contributed by atoms with Gasteiger partial charge in [-0.2, -0.15) is 0 Å². The van der Waals surface area contributed by atoms with Crippen LogP contribution in [0.5, 0.6) is 0 Å². The Labute approximate surface area is 79.3 Å². The van der Waals surface area contributed by atoms with Gasteiger partial charge in [-0.1, -0.05) is 0 Å². The Morgan fingerprint density at radius 1 is 1.46 bits per heavy atom. The summed E-state index contributed by atoms with van der Waals surface area (Å²) in [6, 6.07) is -1.24. The standard InChI is InChI=1S/C4H10N3O4PS/c5-3(8)1-2(4(6)9)7-12(10,11)13/h2H,1H2,(H2,5,8)(H2,6,9)(H3,7,10,11,13). The minimum absolute atomic E-state index is 0.422. The number of hydrogen-bond donors (Lipinski definition) is 5. The minimum Gasteiger partial charge on any atom is -0.370 e. The summed E-state index contributed by atoms with van der Waals surface area (Å²) in [5.74, 6) is -1.71. The fraction of sp³-hybridized carbons (Fsp3) is 0.500. The van der Waals surface area contributed by atoms with Crippen molar-refractivity contribution in [2.45, 2.75) is 12.5 Å². The van der Waals surface area contributed by atoms with Gasteiger partial charge in [-0.3, -0.25) is 9.59 Å². The first kappa shape index (κ1) is 12.5. The summed E-state index contributed by atoms with van der Waals surface area (Å²) in [6.45, 7) is -3.76. The van der Waals surface area contributed by atoms with E-state index in [2.05, 4.69) is 11.8 Å². The Kier molecular flexibility index (Phi) is 4.45. The molecule has 0 aliphatic heterocycles. The molecule has 0 radical (unpaired) electrons. The fourth-order valence-electron chi connectivity index (χ4n) is 0.614. The van der Waals surface area contributed by atoms with Gasteiger partial charge in [-0.15, -0.1) is 0 Å². The average Bonchev–Trinajstić information content (AvgIpc) is 1.81. The molecule has 0 saturated carbocycles. The van der Waals surface area contributed by atoms with E-state index in [0.717, 1.165) is 0 Å². The zero-order valence-corrected chi connectivity index (χ0v) is 8.22. The van der Waals surface area contributed by atoms with Crippen molar-refractivity contribution in [2.24, 2.45) is 11.5 Å². The third kappa shape index (κ3) is 6.62. The lowest BCUT2D eigenvalue weighted by Crippen LogP contribution is -2.42. The summed E-state index contributed by atoms with van der Waals surface area (Å²) in [7, 11) is 0. The molecule has 9 heteroatoms. The van der Waals surface area contributed by atoms with Crippen molar-refractivity contribution in [3.8, 4) is 0 Å². The second-order valence-corrected chi connectivity index (χ2v) is 5.17. The van der Waals surface area contributed by atoms with Gasteiger partial charge in [-0.05, 0) is 11.8 Å². The van der Waals surface area contributed by atoms with Crippen LogP contribution < -0.4 is 16.6 Å². The van der Waals surface area contributed by atoms with Gasteiger partial charge in [0.05, 0.1) is 6.42 Å².